The lowest BCUT2D eigenvalue weighted by atomic mass is 10.1. The van der Waals surface area contributed by atoms with E-state index in [4.69, 9.17) is 0 Å². The van der Waals surface area contributed by atoms with Crippen molar-refractivity contribution < 1.29 is 18.0 Å². The molecule has 8 heteroatoms. The molecule has 3 aromatic rings. The van der Waals surface area contributed by atoms with Gasteiger partial charge in [0.2, 0.25) is 0 Å². The number of benzene rings is 2. The normalized spacial score (nSPS) is 14.7. The van der Waals surface area contributed by atoms with Crippen LogP contribution in [0.1, 0.15) is 27.2 Å². The number of halogens is 3. The number of aryl methyl sites for hydroxylation is 1. The summed E-state index contributed by atoms with van der Waals surface area (Å²) in [6.45, 7) is 5.67. The smallest absolute Gasteiger partial charge is 0.368 e. The first-order valence-corrected chi connectivity index (χ1v) is 10.1. The van der Waals surface area contributed by atoms with Crippen molar-refractivity contribution in [3.05, 3.63) is 77.1 Å². The minimum absolute atomic E-state index is 0.110. The van der Waals surface area contributed by atoms with Crippen LogP contribution in [-0.2, 0) is 6.18 Å². The van der Waals surface area contributed by atoms with Gasteiger partial charge in [0.05, 0.1) is 28.7 Å². The molecule has 162 valence electrons. The van der Waals surface area contributed by atoms with Gasteiger partial charge < -0.3 is 9.80 Å². The molecule has 1 aliphatic heterocycles. The van der Waals surface area contributed by atoms with Crippen LogP contribution < -0.4 is 4.90 Å². The van der Waals surface area contributed by atoms with Gasteiger partial charge in [0.25, 0.3) is 5.91 Å². The summed E-state index contributed by atoms with van der Waals surface area (Å²) in [4.78, 5) is 16.7. The average Bonchev–Trinajstić information content (AvgIpc) is 3.14. The number of carbonyl (C=O) groups is 1. The highest BCUT2D eigenvalue weighted by Gasteiger charge is 2.31. The fourth-order valence-corrected chi connectivity index (χ4v) is 3.88. The van der Waals surface area contributed by atoms with Crippen LogP contribution in [0.15, 0.2) is 54.7 Å². The zero-order valence-electron chi connectivity index (χ0n) is 17.4. The van der Waals surface area contributed by atoms with E-state index in [0.29, 0.717) is 37.4 Å². The topological polar surface area (TPSA) is 41.4 Å². The summed E-state index contributed by atoms with van der Waals surface area (Å²) < 4.78 is 40.8. The van der Waals surface area contributed by atoms with E-state index in [-0.39, 0.29) is 5.91 Å². The number of nitrogens with zero attached hydrogens (tertiary/aromatic N) is 4. The van der Waals surface area contributed by atoms with Crippen molar-refractivity contribution in [2.75, 3.05) is 31.1 Å². The third-order valence-electron chi connectivity index (χ3n) is 5.69. The van der Waals surface area contributed by atoms with Crippen molar-refractivity contribution in [3.8, 4) is 5.69 Å². The van der Waals surface area contributed by atoms with Gasteiger partial charge in [0.15, 0.2) is 0 Å². The number of carbonyl (C=O) groups excluding carboxylic acids is 1. The number of para-hydroxylation sites is 1. The lowest BCUT2D eigenvalue weighted by Gasteiger charge is -2.36. The fraction of sp³-hybridized carbons (Fsp3) is 0.304. The van der Waals surface area contributed by atoms with Crippen molar-refractivity contribution in [1.82, 2.24) is 14.7 Å². The van der Waals surface area contributed by atoms with Gasteiger partial charge in [0, 0.05) is 31.9 Å². The first kappa shape index (κ1) is 21.0. The summed E-state index contributed by atoms with van der Waals surface area (Å²) in [7, 11) is 0. The zero-order valence-corrected chi connectivity index (χ0v) is 17.4. The number of piperazine rings is 1. The molecule has 5 nitrogen and oxygen atoms in total. The van der Waals surface area contributed by atoms with E-state index in [2.05, 4.69) is 5.10 Å². The molecule has 0 spiro atoms. The molecule has 31 heavy (non-hydrogen) atoms. The molecule has 1 aromatic heterocycles. The lowest BCUT2D eigenvalue weighted by Crippen LogP contribution is -2.49. The number of hydrogen-bond donors (Lipinski definition) is 0. The molecule has 1 aliphatic rings. The summed E-state index contributed by atoms with van der Waals surface area (Å²) in [6.07, 6.45) is -2.79. The number of anilines is 1. The van der Waals surface area contributed by atoms with Crippen LogP contribution in [0.25, 0.3) is 5.69 Å². The van der Waals surface area contributed by atoms with E-state index < -0.39 is 11.7 Å². The molecule has 1 amide bonds. The Morgan fingerprint density at radius 2 is 1.68 bits per heavy atom. The molecule has 0 radical (unpaired) electrons. The zero-order chi connectivity index (χ0) is 22.2. The Hall–Kier alpha value is -3.29. The predicted molar refractivity (Wildman–Crippen MR) is 113 cm³/mol. The molecule has 2 aromatic carbocycles. The maximum atomic E-state index is 13.1. The maximum absolute atomic E-state index is 13.1. The largest absolute Gasteiger partial charge is 0.416 e. The average molecular weight is 428 g/mol. The standard InChI is InChI=1S/C23H23F3N4O/c1-16-6-3-4-9-21(16)30-17(2)20(15-27-30)22(31)29-12-10-28(11-13-29)19-8-5-7-18(14-19)23(24,25)26/h3-9,14-15H,10-13H2,1-2H3. The molecule has 0 saturated carbocycles. The second-order valence-electron chi connectivity index (χ2n) is 7.67. The molecule has 2 heterocycles. The SMILES string of the molecule is Cc1ccccc1-n1ncc(C(=O)N2CCN(c3cccc(C(F)(F)F)c3)CC2)c1C. The quantitative estimate of drug-likeness (QED) is 0.618. The van der Waals surface area contributed by atoms with Crippen molar-refractivity contribution >= 4 is 11.6 Å². The molecular weight excluding hydrogens is 405 g/mol. The molecular formula is C23H23F3N4O. The third-order valence-corrected chi connectivity index (χ3v) is 5.69. The highest BCUT2D eigenvalue weighted by atomic mass is 19.4. The number of hydrogen-bond acceptors (Lipinski definition) is 3. The van der Waals surface area contributed by atoms with Crippen LogP contribution in [-0.4, -0.2) is 46.8 Å². The lowest BCUT2D eigenvalue weighted by molar-refractivity contribution is -0.137. The van der Waals surface area contributed by atoms with E-state index in [1.54, 1.807) is 21.8 Å². The number of amides is 1. The number of aromatic nitrogens is 2. The van der Waals surface area contributed by atoms with Crippen LogP contribution in [0.2, 0.25) is 0 Å². The summed E-state index contributed by atoms with van der Waals surface area (Å²) in [6, 6.07) is 13.1. The van der Waals surface area contributed by atoms with Crippen LogP contribution >= 0.6 is 0 Å². The summed E-state index contributed by atoms with van der Waals surface area (Å²) in [5.74, 6) is -0.110. The molecule has 1 saturated heterocycles. The highest BCUT2D eigenvalue weighted by Crippen LogP contribution is 2.32. The molecule has 0 atom stereocenters. The van der Waals surface area contributed by atoms with E-state index in [0.717, 1.165) is 29.1 Å². The Balaban J connectivity index is 1.47. The second kappa shape index (κ2) is 8.09. The molecule has 0 bridgehead atoms. The van der Waals surface area contributed by atoms with E-state index in [9.17, 15) is 18.0 Å². The van der Waals surface area contributed by atoms with E-state index in [1.165, 1.54) is 6.07 Å². The molecule has 0 aliphatic carbocycles. The van der Waals surface area contributed by atoms with Crippen molar-refractivity contribution in [2.45, 2.75) is 20.0 Å². The monoisotopic (exact) mass is 428 g/mol. The molecule has 1 fully saturated rings. The Morgan fingerprint density at radius 3 is 2.35 bits per heavy atom. The fourth-order valence-electron chi connectivity index (χ4n) is 3.88. The van der Waals surface area contributed by atoms with Gasteiger partial charge in [-0.2, -0.15) is 18.3 Å². The highest BCUT2D eigenvalue weighted by molar-refractivity contribution is 5.95. The van der Waals surface area contributed by atoms with Crippen LogP contribution in [0.4, 0.5) is 18.9 Å². The molecule has 0 N–H and O–H groups in total. The number of rotatable bonds is 3. The van der Waals surface area contributed by atoms with Crippen molar-refractivity contribution in [3.63, 3.8) is 0 Å². The summed E-state index contributed by atoms with van der Waals surface area (Å²) in [5, 5.41) is 4.41. The van der Waals surface area contributed by atoms with Crippen molar-refractivity contribution in [2.24, 2.45) is 0 Å². The Labute approximate surface area is 178 Å². The summed E-state index contributed by atoms with van der Waals surface area (Å²) >= 11 is 0. The minimum Gasteiger partial charge on any atom is -0.368 e. The molecule has 0 unspecified atom stereocenters. The van der Waals surface area contributed by atoms with Crippen molar-refractivity contribution in [1.29, 1.82) is 0 Å². The van der Waals surface area contributed by atoms with Gasteiger partial charge >= 0.3 is 6.18 Å². The first-order valence-electron chi connectivity index (χ1n) is 10.1. The van der Waals surface area contributed by atoms with Gasteiger partial charge in [-0.15, -0.1) is 0 Å². The van der Waals surface area contributed by atoms with E-state index in [1.807, 2.05) is 43.0 Å². The Kier molecular flexibility index (Phi) is 5.47. The Bertz CT molecular complexity index is 1100. The minimum atomic E-state index is -4.37. The van der Waals surface area contributed by atoms with E-state index >= 15 is 0 Å². The summed E-state index contributed by atoms with van der Waals surface area (Å²) in [5.41, 5.74) is 3.14. The van der Waals surface area contributed by atoms with Gasteiger partial charge in [-0.1, -0.05) is 24.3 Å². The van der Waals surface area contributed by atoms with Crippen LogP contribution in [0.5, 0.6) is 0 Å². The van der Waals surface area contributed by atoms with Gasteiger partial charge in [-0.3, -0.25) is 4.79 Å². The van der Waals surface area contributed by atoms with Gasteiger partial charge in [-0.25, -0.2) is 4.68 Å². The third kappa shape index (κ3) is 4.15. The Morgan fingerprint density at radius 1 is 0.968 bits per heavy atom. The first-order chi connectivity index (χ1) is 14.8. The van der Waals surface area contributed by atoms with Crippen LogP contribution in [0.3, 0.4) is 0 Å². The van der Waals surface area contributed by atoms with Gasteiger partial charge in [-0.05, 0) is 43.7 Å². The van der Waals surface area contributed by atoms with Gasteiger partial charge in [0.1, 0.15) is 0 Å². The maximum Gasteiger partial charge on any atom is 0.416 e. The van der Waals surface area contributed by atoms with Crippen LogP contribution in [0, 0.1) is 13.8 Å². The number of alkyl halides is 3. The molecule has 4 rings (SSSR count). The predicted octanol–water partition coefficient (Wildman–Crippen LogP) is 4.47. The second-order valence-corrected chi connectivity index (χ2v) is 7.67.